The van der Waals surface area contributed by atoms with E-state index in [4.69, 9.17) is 4.74 Å². The van der Waals surface area contributed by atoms with Crippen LogP contribution in [0.2, 0.25) is 0 Å². The van der Waals surface area contributed by atoms with Crippen LogP contribution in [-0.4, -0.2) is 29.7 Å². The Bertz CT molecular complexity index is 784. The van der Waals surface area contributed by atoms with Gasteiger partial charge in [0, 0.05) is 24.2 Å². The number of hydrogen-bond acceptors (Lipinski definition) is 3. The standard InChI is InChI=1S/C20H26N2O3/c1-15-6-2-5-9-19(15)25-13-11-21-20(24)14-22-12-10-18(23)16-7-3-4-8-17(16)22/h3-4,7-8,10,12,15,19H,2,5-6,9,11,13-14H2,1H3,(H,21,24)/t15-,19-/m1/s1. The Morgan fingerprint density at radius 2 is 2.04 bits per heavy atom. The number of nitrogens with zero attached hydrogens (tertiary/aromatic N) is 1. The summed E-state index contributed by atoms with van der Waals surface area (Å²) in [5, 5.41) is 3.53. The monoisotopic (exact) mass is 342 g/mol. The molecule has 1 aromatic carbocycles. The molecular weight excluding hydrogens is 316 g/mol. The van der Waals surface area contributed by atoms with Crippen molar-refractivity contribution in [3.05, 3.63) is 46.8 Å². The number of aromatic nitrogens is 1. The lowest BCUT2D eigenvalue weighted by atomic mass is 9.88. The molecule has 0 aliphatic heterocycles. The number of para-hydroxylation sites is 1. The maximum atomic E-state index is 12.2. The zero-order valence-corrected chi connectivity index (χ0v) is 14.7. The molecule has 134 valence electrons. The van der Waals surface area contributed by atoms with Gasteiger partial charge in [-0.1, -0.05) is 31.9 Å². The van der Waals surface area contributed by atoms with Crippen molar-refractivity contribution in [1.29, 1.82) is 0 Å². The third-order valence-electron chi connectivity index (χ3n) is 4.99. The van der Waals surface area contributed by atoms with Crippen LogP contribution in [0.15, 0.2) is 41.3 Å². The first-order valence-electron chi connectivity index (χ1n) is 9.11. The zero-order valence-electron chi connectivity index (χ0n) is 14.7. The second kappa shape index (κ2) is 8.30. The largest absolute Gasteiger partial charge is 0.376 e. The predicted octanol–water partition coefficient (Wildman–Crippen LogP) is 2.71. The van der Waals surface area contributed by atoms with Gasteiger partial charge in [0.1, 0.15) is 6.54 Å². The predicted molar refractivity (Wildman–Crippen MR) is 98.6 cm³/mol. The quantitative estimate of drug-likeness (QED) is 0.821. The molecule has 0 saturated heterocycles. The van der Waals surface area contributed by atoms with Gasteiger partial charge in [0.2, 0.25) is 5.91 Å². The van der Waals surface area contributed by atoms with Crippen molar-refractivity contribution in [2.24, 2.45) is 5.92 Å². The number of hydrogen-bond donors (Lipinski definition) is 1. The molecule has 2 atom stereocenters. The topological polar surface area (TPSA) is 60.3 Å². The number of carbonyl (C=O) groups is 1. The molecule has 3 rings (SSSR count). The first kappa shape index (κ1) is 17.7. The van der Waals surface area contributed by atoms with E-state index < -0.39 is 0 Å². The molecule has 1 saturated carbocycles. The van der Waals surface area contributed by atoms with Gasteiger partial charge in [0.15, 0.2) is 5.43 Å². The van der Waals surface area contributed by atoms with Crippen LogP contribution >= 0.6 is 0 Å². The van der Waals surface area contributed by atoms with Gasteiger partial charge in [-0.15, -0.1) is 0 Å². The number of nitrogens with one attached hydrogen (secondary N) is 1. The summed E-state index contributed by atoms with van der Waals surface area (Å²) in [6.07, 6.45) is 6.89. The van der Waals surface area contributed by atoms with Crippen molar-refractivity contribution >= 4 is 16.8 Å². The first-order chi connectivity index (χ1) is 12.1. The van der Waals surface area contributed by atoms with Crippen LogP contribution in [-0.2, 0) is 16.1 Å². The van der Waals surface area contributed by atoms with Gasteiger partial charge in [-0.3, -0.25) is 9.59 Å². The van der Waals surface area contributed by atoms with E-state index in [0.717, 1.165) is 11.9 Å². The smallest absolute Gasteiger partial charge is 0.240 e. The molecule has 0 bridgehead atoms. The molecule has 1 aliphatic rings. The van der Waals surface area contributed by atoms with Gasteiger partial charge in [-0.2, -0.15) is 0 Å². The Kier molecular flexibility index (Phi) is 5.87. The van der Waals surface area contributed by atoms with Crippen molar-refractivity contribution in [2.75, 3.05) is 13.2 Å². The Balaban J connectivity index is 1.50. The molecule has 0 radical (unpaired) electrons. The minimum absolute atomic E-state index is 0.0257. The van der Waals surface area contributed by atoms with Gasteiger partial charge in [-0.05, 0) is 30.9 Å². The van der Waals surface area contributed by atoms with Crippen LogP contribution in [0.25, 0.3) is 10.9 Å². The first-order valence-corrected chi connectivity index (χ1v) is 9.11. The maximum Gasteiger partial charge on any atom is 0.240 e. The summed E-state index contributed by atoms with van der Waals surface area (Å²) in [5.41, 5.74) is 0.750. The lowest BCUT2D eigenvalue weighted by molar-refractivity contribution is -0.122. The van der Waals surface area contributed by atoms with Crippen LogP contribution in [0.5, 0.6) is 0 Å². The summed E-state index contributed by atoms with van der Waals surface area (Å²) < 4.78 is 7.72. The van der Waals surface area contributed by atoms with E-state index in [9.17, 15) is 9.59 Å². The number of ether oxygens (including phenoxy) is 1. The SMILES string of the molecule is C[C@@H]1CCCC[C@H]1OCCNC(=O)Cn1ccc(=O)c2ccccc21. The number of amides is 1. The molecule has 25 heavy (non-hydrogen) atoms. The molecule has 0 unspecified atom stereocenters. The van der Waals surface area contributed by atoms with Crippen molar-refractivity contribution < 1.29 is 9.53 Å². The second-order valence-corrected chi connectivity index (χ2v) is 6.85. The summed E-state index contributed by atoms with van der Waals surface area (Å²) >= 11 is 0. The van der Waals surface area contributed by atoms with E-state index in [-0.39, 0.29) is 17.9 Å². The van der Waals surface area contributed by atoms with Crippen LogP contribution in [0.3, 0.4) is 0 Å². The Morgan fingerprint density at radius 3 is 2.88 bits per heavy atom. The summed E-state index contributed by atoms with van der Waals surface area (Å²) in [6, 6.07) is 8.85. The number of rotatable bonds is 6. The normalized spacial score (nSPS) is 20.5. The highest BCUT2D eigenvalue weighted by Crippen LogP contribution is 2.25. The average Bonchev–Trinajstić information content (AvgIpc) is 2.63. The maximum absolute atomic E-state index is 12.2. The molecular formula is C20H26N2O3. The van der Waals surface area contributed by atoms with Crippen LogP contribution in [0.4, 0.5) is 0 Å². The van der Waals surface area contributed by atoms with Crippen molar-refractivity contribution in [3.8, 4) is 0 Å². The Morgan fingerprint density at radius 1 is 1.24 bits per heavy atom. The molecule has 1 N–H and O–H groups in total. The Labute approximate surface area is 148 Å². The highest BCUT2D eigenvalue weighted by molar-refractivity contribution is 5.82. The van der Waals surface area contributed by atoms with Gasteiger partial charge >= 0.3 is 0 Å². The van der Waals surface area contributed by atoms with E-state index in [2.05, 4.69) is 12.2 Å². The van der Waals surface area contributed by atoms with Crippen LogP contribution in [0, 0.1) is 5.92 Å². The third kappa shape index (κ3) is 4.48. The minimum atomic E-state index is -0.0749. The summed E-state index contributed by atoms with van der Waals surface area (Å²) in [5.74, 6) is 0.533. The fraction of sp³-hybridized carbons (Fsp3) is 0.500. The second-order valence-electron chi connectivity index (χ2n) is 6.85. The molecule has 0 spiro atoms. The third-order valence-corrected chi connectivity index (χ3v) is 4.99. The van der Waals surface area contributed by atoms with E-state index >= 15 is 0 Å². The molecule has 1 aromatic heterocycles. The van der Waals surface area contributed by atoms with Crippen molar-refractivity contribution in [1.82, 2.24) is 9.88 Å². The highest BCUT2D eigenvalue weighted by Gasteiger charge is 2.21. The molecule has 1 fully saturated rings. The molecule has 5 nitrogen and oxygen atoms in total. The zero-order chi connectivity index (χ0) is 17.6. The Hall–Kier alpha value is -2.14. The van der Waals surface area contributed by atoms with Crippen LogP contribution < -0.4 is 10.7 Å². The lowest BCUT2D eigenvalue weighted by Gasteiger charge is -2.28. The minimum Gasteiger partial charge on any atom is -0.376 e. The molecule has 5 heteroatoms. The number of pyridine rings is 1. The molecule has 2 aromatic rings. The van der Waals surface area contributed by atoms with Gasteiger partial charge in [-0.25, -0.2) is 0 Å². The summed E-state index contributed by atoms with van der Waals surface area (Å²) in [6.45, 7) is 3.50. The summed E-state index contributed by atoms with van der Waals surface area (Å²) in [7, 11) is 0. The molecule has 1 heterocycles. The van der Waals surface area contributed by atoms with E-state index in [1.54, 1.807) is 16.8 Å². The van der Waals surface area contributed by atoms with Gasteiger partial charge < -0.3 is 14.6 Å². The van der Waals surface area contributed by atoms with Crippen molar-refractivity contribution in [3.63, 3.8) is 0 Å². The van der Waals surface area contributed by atoms with E-state index in [0.29, 0.717) is 30.6 Å². The fourth-order valence-electron chi connectivity index (χ4n) is 3.54. The number of fused-ring (bicyclic) bond motifs is 1. The van der Waals surface area contributed by atoms with Crippen molar-refractivity contribution in [2.45, 2.75) is 45.3 Å². The van der Waals surface area contributed by atoms with Gasteiger partial charge in [0.25, 0.3) is 0 Å². The van der Waals surface area contributed by atoms with E-state index in [1.807, 2.05) is 18.2 Å². The number of carbonyl (C=O) groups excluding carboxylic acids is 1. The summed E-state index contributed by atoms with van der Waals surface area (Å²) in [4.78, 5) is 24.1. The average molecular weight is 342 g/mol. The highest BCUT2D eigenvalue weighted by atomic mass is 16.5. The molecule has 1 aliphatic carbocycles. The molecule has 1 amide bonds. The fourth-order valence-corrected chi connectivity index (χ4v) is 3.54. The number of benzene rings is 1. The van der Waals surface area contributed by atoms with E-state index in [1.165, 1.54) is 25.3 Å². The van der Waals surface area contributed by atoms with Crippen LogP contribution in [0.1, 0.15) is 32.6 Å². The lowest BCUT2D eigenvalue weighted by Crippen LogP contribution is -2.33. The van der Waals surface area contributed by atoms with Gasteiger partial charge in [0.05, 0.1) is 18.2 Å².